The maximum absolute atomic E-state index is 12.8. The zero-order valence-electron chi connectivity index (χ0n) is 14.9. The maximum atomic E-state index is 12.8. The van der Waals surface area contributed by atoms with Gasteiger partial charge in [-0.3, -0.25) is 4.79 Å². The Kier molecular flexibility index (Phi) is 6.11. The number of carbonyl (C=O) groups is 1. The van der Waals surface area contributed by atoms with Crippen LogP contribution >= 0.6 is 11.6 Å². The molecule has 27 heavy (non-hydrogen) atoms. The molecule has 2 N–H and O–H groups in total. The minimum absolute atomic E-state index is 0.200. The number of carbonyl (C=O) groups excluding carboxylic acids is 1. The first-order valence-corrected chi connectivity index (χ1v) is 8.86. The highest BCUT2D eigenvalue weighted by molar-refractivity contribution is 6.30. The number of anilines is 1. The van der Waals surface area contributed by atoms with Crippen LogP contribution in [0.15, 0.2) is 59.4 Å². The molecule has 3 aromatic rings. The zero-order valence-corrected chi connectivity index (χ0v) is 15.6. The predicted octanol–water partition coefficient (Wildman–Crippen LogP) is 3.86. The molecule has 0 unspecified atom stereocenters. The summed E-state index contributed by atoms with van der Waals surface area (Å²) in [5.41, 5.74) is 1.96. The first-order chi connectivity index (χ1) is 13.1. The topological polar surface area (TPSA) is 74.4 Å². The molecule has 2 amide bonds. The van der Waals surface area contributed by atoms with Crippen molar-refractivity contribution < 1.29 is 9.53 Å². The Balaban J connectivity index is 1.85. The molecule has 1 heterocycles. The van der Waals surface area contributed by atoms with E-state index in [2.05, 4.69) is 10.3 Å². The summed E-state index contributed by atoms with van der Waals surface area (Å²) in [6.07, 6.45) is 0. The van der Waals surface area contributed by atoms with Crippen LogP contribution in [-0.4, -0.2) is 36.2 Å². The molecule has 6 nitrogen and oxygen atoms in total. The highest BCUT2D eigenvalue weighted by Crippen LogP contribution is 2.18. The summed E-state index contributed by atoms with van der Waals surface area (Å²) in [4.78, 5) is 29.2. The molecule has 0 aliphatic carbocycles. The van der Waals surface area contributed by atoms with Crippen molar-refractivity contribution in [2.24, 2.45) is 0 Å². The van der Waals surface area contributed by atoms with Gasteiger partial charge in [0.25, 0.3) is 0 Å². The Hall–Kier alpha value is -2.83. The average Bonchev–Trinajstić information content (AvgIpc) is 2.66. The van der Waals surface area contributed by atoms with Crippen LogP contribution in [0.3, 0.4) is 0 Å². The number of aromatic amines is 1. The van der Waals surface area contributed by atoms with Crippen molar-refractivity contribution >= 4 is 34.2 Å². The van der Waals surface area contributed by atoms with Gasteiger partial charge in [-0.2, -0.15) is 0 Å². The number of nitrogens with zero attached hydrogens (tertiary/aromatic N) is 1. The Morgan fingerprint density at radius 2 is 1.93 bits per heavy atom. The average molecular weight is 386 g/mol. The van der Waals surface area contributed by atoms with Crippen LogP contribution < -0.4 is 10.9 Å². The molecule has 0 saturated heterocycles. The molecule has 0 saturated carbocycles. The molecule has 0 aliphatic rings. The minimum Gasteiger partial charge on any atom is -0.383 e. The Labute approximate surface area is 161 Å². The van der Waals surface area contributed by atoms with Gasteiger partial charge in [-0.25, -0.2) is 4.79 Å². The second-order valence-electron chi connectivity index (χ2n) is 6.06. The standard InChI is InChI=1S/C20H20ClN3O3/c1-27-11-10-24(20(26)22-16-8-6-15(21)7-9-16)13-14-12-19(25)23-18-5-3-2-4-17(14)18/h2-9,12H,10-11,13H2,1H3,(H,22,26)(H,23,25). The molecule has 7 heteroatoms. The number of halogens is 1. The minimum atomic E-state index is -0.279. The molecule has 0 aliphatic heterocycles. The summed E-state index contributed by atoms with van der Waals surface area (Å²) in [5.74, 6) is 0. The highest BCUT2D eigenvalue weighted by atomic mass is 35.5. The number of nitrogens with one attached hydrogen (secondary N) is 2. The summed E-state index contributed by atoms with van der Waals surface area (Å²) < 4.78 is 5.13. The normalized spacial score (nSPS) is 10.7. The number of hydrogen-bond acceptors (Lipinski definition) is 3. The molecule has 2 aromatic carbocycles. The van der Waals surface area contributed by atoms with Gasteiger partial charge in [-0.1, -0.05) is 29.8 Å². The number of urea groups is 1. The van der Waals surface area contributed by atoms with Gasteiger partial charge in [0.2, 0.25) is 5.56 Å². The lowest BCUT2D eigenvalue weighted by Gasteiger charge is -2.23. The number of methoxy groups -OCH3 is 1. The van der Waals surface area contributed by atoms with Gasteiger partial charge >= 0.3 is 6.03 Å². The van der Waals surface area contributed by atoms with Crippen molar-refractivity contribution in [2.75, 3.05) is 25.6 Å². The molecule has 140 valence electrons. The first-order valence-electron chi connectivity index (χ1n) is 8.48. The van der Waals surface area contributed by atoms with Crippen LogP contribution in [0.25, 0.3) is 10.9 Å². The van der Waals surface area contributed by atoms with Crippen LogP contribution in [-0.2, 0) is 11.3 Å². The molecular formula is C20H20ClN3O3. The summed E-state index contributed by atoms with van der Waals surface area (Å²) in [6, 6.07) is 15.7. The Bertz CT molecular complexity index is 986. The molecular weight excluding hydrogens is 366 g/mol. The lowest BCUT2D eigenvalue weighted by molar-refractivity contribution is 0.153. The number of para-hydroxylation sites is 1. The van der Waals surface area contributed by atoms with Gasteiger partial charge in [-0.05, 0) is 35.9 Å². The van der Waals surface area contributed by atoms with Crippen LogP contribution in [0.2, 0.25) is 5.02 Å². The highest BCUT2D eigenvalue weighted by Gasteiger charge is 2.16. The van der Waals surface area contributed by atoms with E-state index in [0.29, 0.717) is 23.9 Å². The third-order valence-corrected chi connectivity index (χ3v) is 4.40. The lowest BCUT2D eigenvalue weighted by Crippen LogP contribution is -2.37. The zero-order chi connectivity index (χ0) is 19.2. The van der Waals surface area contributed by atoms with Crippen LogP contribution in [0.5, 0.6) is 0 Å². The van der Waals surface area contributed by atoms with Crippen LogP contribution in [0.1, 0.15) is 5.56 Å². The fraction of sp³-hybridized carbons (Fsp3) is 0.200. The molecule has 0 spiro atoms. The number of amides is 2. The molecule has 0 radical (unpaired) electrons. The number of H-pyrrole nitrogens is 1. The van der Waals surface area contributed by atoms with E-state index < -0.39 is 0 Å². The number of rotatable bonds is 6. The monoisotopic (exact) mass is 385 g/mol. The second kappa shape index (κ2) is 8.70. The Morgan fingerprint density at radius 3 is 2.67 bits per heavy atom. The summed E-state index contributed by atoms with van der Waals surface area (Å²) in [6.45, 7) is 1.05. The molecule has 0 atom stereocenters. The van der Waals surface area contributed by atoms with Crippen molar-refractivity contribution in [1.82, 2.24) is 9.88 Å². The molecule has 0 fully saturated rings. The smallest absolute Gasteiger partial charge is 0.322 e. The second-order valence-corrected chi connectivity index (χ2v) is 6.49. The van der Waals surface area contributed by atoms with E-state index in [4.69, 9.17) is 16.3 Å². The number of ether oxygens (including phenoxy) is 1. The lowest BCUT2D eigenvalue weighted by atomic mass is 10.1. The third-order valence-electron chi connectivity index (χ3n) is 4.15. The van der Waals surface area contributed by atoms with Crippen LogP contribution in [0, 0.1) is 0 Å². The number of benzene rings is 2. The summed E-state index contributed by atoms with van der Waals surface area (Å²) in [5, 5.41) is 4.35. The largest absolute Gasteiger partial charge is 0.383 e. The first kappa shape index (κ1) is 18.9. The molecule has 0 bridgehead atoms. The van der Waals surface area contributed by atoms with Gasteiger partial charge < -0.3 is 19.9 Å². The van der Waals surface area contributed by atoms with Crippen molar-refractivity contribution in [2.45, 2.75) is 6.54 Å². The summed E-state index contributed by atoms with van der Waals surface area (Å²) in [7, 11) is 1.58. The van der Waals surface area contributed by atoms with Gasteiger partial charge in [-0.15, -0.1) is 0 Å². The van der Waals surface area contributed by atoms with Gasteiger partial charge in [0.15, 0.2) is 0 Å². The fourth-order valence-electron chi connectivity index (χ4n) is 2.80. The number of fused-ring (bicyclic) bond motifs is 1. The predicted molar refractivity (Wildman–Crippen MR) is 107 cm³/mol. The number of pyridine rings is 1. The van der Waals surface area contributed by atoms with E-state index in [1.807, 2.05) is 24.3 Å². The van der Waals surface area contributed by atoms with E-state index >= 15 is 0 Å². The van der Waals surface area contributed by atoms with E-state index in [-0.39, 0.29) is 18.1 Å². The van der Waals surface area contributed by atoms with Crippen molar-refractivity contribution in [3.8, 4) is 0 Å². The molecule has 1 aromatic heterocycles. The molecule has 3 rings (SSSR count). The SMILES string of the molecule is COCCN(Cc1cc(=O)[nH]c2ccccc12)C(=O)Nc1ccc(Cl)cc1. The van der Waals surface area contributed by atoms with Gasteiger partial charge in [0.1, 0.15) is 0 Å². The fourth-order valence-corrected chi connectivity index (χ4v) is 2.93. The number of hydrogen-bond donors (Lipinski definition) is 2. The summed E-state index contributed by atoms with van der Waals surface area (Å²) >= 11 is 5.88. The number of aromatic nitrogens is 1. The van der Waals surface area contributed by atoms with Gasteiger partial charge in [0, 0.05) is 47.9 Å². The van der Waals surface area contributed by atoms with E-state index in [0.717, 1.165) is 16.5 Å². The quantitative estimate of drug-likeness (QED) is 0.676. The van der Waals surface area contributed by atoms with Crippen LogP contribution in [0.4, 0.5) is 10.5 Å². The van der Waals surface area contributed by atoms with Crippen molar-refractivity contribution in [3.63, 3.8) is 0 Å². The van der Waals surface area contributed by atoms with E-state index in [1.165, 1.54) is 6.07 Å². The van der Waals surface area contributed by atoms with E-state index in [9.17, 15) is 9.59 Å². The van der Waals surface area contributed by atoms with Gasteiger partial charge in [0.05, 0.1) is 6.61 Å². The van der Waals surface area contributed by atoms with Crippen molar-refractivity contribution in [3.05, 3.63) is 75.5 Å². The third kappa shape index (κ3) is 4.87. The van der Waals surface area contributed by atoms with E-state index in [1.54, 1.807) is 36.3 Å². The van der Waals surface area contributed by atoms with Crippen molar-refractivity contribution in [1.29, 1.82) is 0 Å². The Morgan fingerprint density at radius 1 is 1.19 bits per heavy atom. The maximum Gasteiger partial charge on any atom is 0.322 e.